The van der Waals surface area contributed by atoms with E-state index in [0.29, 0.717) is 13.2 Å². The molecule has 4 heteroatoms. The third kappa shape index (κ3) is 8.81. The molecule has 38 heavy (non-hydrogen) atoms. The second-order valence-electron chi connectivity index (χ2n) is 13.6. The topological polar surface area (TPSA) is 18.5 Å². The predicted molar refractivity (Wildman–Crippen MR) is 171 cm³/mol. The average molecular weight is 549 g/mol. The minimum Gasteiger partial charge on any atom is -0.413 e. The Hall–Kier alpha value is -1.91. The van der Waals surface area contributed by atoms with Crippen LogP contribution in [0.1, 0.15) is 82.7 Å². The molecule has 0 spiro atoms. The zero-order chi connectivity index (χ0) is 28.8. The largest absolute Gasteiger partial charge is 0.413 e. The summed E-state index contributed by atoms with van der Waals surface area (Å²) < 4.78 is 13.3. The van der Waals surface area contributed by atoms with Crippen molar-refractivity contribution < 1.29 is 8.85 Å². The van der Waals surface area contributed by atoms with Gasteiger partial charge >= 0.3 is 0 Å². The summed E-state index contributed by atoms with van der Waals surface area (Å²) in [6.07, 6.45) is 10.3. The molecular formula is C34H52O2Si2. The number of rotatable bonds is 11. The lowest BCUT2D eigenvalue weighted by Gasteiger charge is -2.37. The van der Waals surface area contributed by atoms with E-state index < -0.39 is 16.6 Å². The van der Waals surface area contributed by atoms with Gasteiger partial charge in [-0.3, -0.25) is 0 Å². The third-order valence-electron chi connectivity index (χ3n) is 8.70. The molecule has 2 rings (SSSR count). The summed E-state index contributed by atoms with van der Waals surface area (Å²) in [5.41, 5.74) is 7.64. The van der Waals surface area contributed by atoms with Gasteiger partial charge in [0.05, 0.1) is 13.2 Å². The van der Waals surface area contributed by atoms with Crippen LogP contribution in [-0.2, 0) is 34.9 Å². The van der Waals surface area contributed by atoms with Crippen LogP contribution in [0.15, 0.2) is 48.5 Å². The maximum Gasteiger partial charge on any atom is 0.192 e. The van der Waals surface area contributed by atoms with E-state index >= 15 is 0 Å². The molecule has 0 atom stereocenters. The normalized spacial score (nSPS) is 13.5. The lowest BCUT2D eigenvalue weighted by Crippen LogP contribution is -2.41. The molecular weight excluding hydrogens is 497 g/mol. The highest BCUT2D eigenvalue weighted by atomic mass is 28.4. The molecule has 0 aliphatic carbocycles. The monoisotopic (exact) mass is 548 g/mol. The molecule has 0 heterocycles. The second kappa shape index (κ2) is 13.0. The highest BCUT2D eigenvalue weighted by molar-refractivity contribution is 6.74. The van der Waals surface area contributed by atoms with Gasteiger partial charge in [0, 0.05) is 0 Å². The van der Waals surface area contributed by atoms with Crippen LogP contribution in [0.5, 0.6) is 0 Å². The van der Waals surface area contributed by atoms with E-state index in [9.17, 15) is 0 Å². The molecule has 0 unspecified atom stereocenters. The Kier molecular flexibility index (Phi) is 11.0. The molecule has 0 fully saturated rings. The van der Waals surface area contributed by atoms with Gasteiger partial charge in [-0.2, -0.15) is 0 Å². The van der Waals surface area contributed by atoms with Crippen molar-refractivity contribution in [1.29, 1.82) is 0 Å². The Morgan fingerprint density at radius 1 is 0.789 bits per heavy atom. The van der Waals surface area contributed by atoms with Gasteiger partial charge in [0.1, 0.15) is 0 Å². The maximum atomic E-state index is 6.69. The summed E-state index contributed by atoms with van der Waals surface area (Å²) in [7, 11) is -3.71. The zero-order valence-corrected chi connectivity index (χ0v) is 28.0. The van der Waals surface area contributed by atoms with Crippen molar-refractivity contribution in [2.24, 2.45) is 0 Å². The van der Waals surface area contributed by atoms with Crippen molar-refractivity contribution in [3.63, 3.8) is 0 Å². The van der Waals surface area contributed by atoms with E-state index in [4.69, 9.17) is 15.3 Å². The van der Waals surface area contributed by atoms with E-state index in [1.165, 1.54) is 33.4 Å². The number of terminal acetylenes is 1. The van der Waals surface area contributed by atoms with Crippen LogP contribution in [0, 0.1) is 12.3 Å². The first kappa shape index (κ1) is 32.3. The predicted octanol–water partition coefficient (Wildman–Crippen LogP) is 9.94. The highest BCUT2D eigenvalue weighted by Gasteiger charge is 2.38. The summed E-state index contributed by atoms with van der Waals surface area (Å²) in [4.78, 5) is 0. The van der Waals surface area contributed by atoms with Gasteiger partial charge in [-0.1, -0.05) is 96.9 Å². The zero-order valence-electron chi connectivity index (χ0n) is 26.0. The minimum absolute atomic E-state index is 0.179. The van der Waals surface area contributed by atoms with Crippen molar-refractivity contribution in [3.05, 3.63) is 76.4 Å². The lowest BCUT2D eigenvalue weighted by atomic mass is 9.96. The number of aryl methyl sites for hydroxylation is 2. The third-order valence-corrected chi connectivity index (χ3v) is 17.7. The summed E-state index contributed by atoms with van der Waals surface area (Å²) in [5.74, 6) is 2.69. The van der Waals surface area contributed by atoms with Gasteiger partial charge < -0.3 is 8.85 Å². The Labute approximate surface area is 236 Å². The van der Waals surface area contributed by atoms with Gasteiger partial charge in [-0.15, -0.1) is 6.42 Å². The molecule has 2 nitrogen and oxygen atoms in total. The highest BCUT2D eigenvalue weighted by Crippen LogP contribution is 2.39. The first-order valence-electron chi connectivity index (χ1n) is 14.1. The van der Waals surface area contributed by atoms with E-state index in [0.717, 1.165) is 19.3 Å². The van der Waals surface area contributed by atoms with Crippen LogP contribution in [0.3, 0.4) is 0 Å². The van der Waals surface area contributed by atoms with Crippen molar-refractivity contribution >= 4 is 22.2 Å². The van der Waals surface area contributed by atoms with Gasteiger partial charge in [0.25, 0.3) is 0 Å². The minimum atomic E-state index is -1.87. The molecule has 0 bridgehead atoms. The van der Waals surface area contributed by atoms with E-state index in [1.54, 1.807) is 0 Å². The summed E-state index contributed by atoms with van der Waals surface area (Å²) in [6, 6.07) is 15.7. The van der Waals surface area contributed by atoms with Crippen LogP contribution in [0.25, 0.3) is 5.57 Å². The molecule has 0 aliphatic rings. The molecule has 208 valence electrons. The van der Waals surface area contributed by atoms with E-state index in [-0.39, 0.29) is 10.1 Å². The van der Waals surface area contributed by atoms with Crippen molar-refractivity contribution in [1.82, 2.24) is 0 Å². The Morgan fingerprint density at radius 3 is 1.82 bits per heavy atom. The molecule has 0 N–H and O–H groups in total. The first-order valence-corrected chi connectivity index (χ1v) is 20.0. The smallest absolute Gasteiger partial charge is 0.192 e. The first-order chi connectivity index (χ1) is 17.5. The van der Waals surface area contributed by atoms with Gasteiger partial charge in [0.2, 0.25) is 0 Å². The number of allylic oxidation sites excluding steroid dienone is 2. The summed E-state index contributed by atoms with van der Waals surface area (Å²) in [5, 5.41) is 0.366. The fourth-order valence-corrected chi connectivity index (χ4v) is 5.66. The Balaban J connectivity index is 2.28. The maximum absolute atomic E-state index is 6.69. The van der Waals surface area contributed by atoms with Crippen LogP contribution in [0.2, 0.25) is 36.3 Å². The quantitative estimate of drug-likeness (QED) is 0.205. The van der Waals surface area contributed by atoms with Crippen molar-refractivity contribution in [3.8, 4) is 12.3 Å². The molecule has 0 amide bonds. The lowest BCUT2D eigenvalue weighted by molar-refractivity contribution is 0.257. The Morgan fingerprint density at radius 2 is 1.32 bits per heavy atom. The molecule has 2 aromatic rings. The van der Waals surface area contributed by atoms with E-state index in [2.05, 4.69) is 123 Å². The SMILES string of the molecule is C#C/C=C(/CC)c1cccc(CCc2ccc(CO[Si](C)(C)C(C)(C)C)c(CO[Si](C)(C)C(C)(C)C)c2)c1. The molecule has 0 saturated carbocycles. The van der Waals surface area contributed by atoms with Gasteiger partial charge in [-0.25, -0.2) is 0 Å². The summed E-state index contributed by atoms with van der Waals surface area (Å²) in [6.45, 7) is 26.5. The molecule has 2 aromatic carbocycles. The Bertz CT molecular complexity index is 1140. The second-order valence-corrected chi connectivity index (χ2v) is 23.2. The molecule has 0 aromatic heterocycles. The fourth-order valence-electron chi connectivity index (χ4n) is 3.76. The number of hydrogen-bond donors (Lipinski definition) is 0. The van der Waals surface area contributed by atoms with Crippen LogP contribution in [-0.4, -0.2) is 16.6 Å². The van der Waals surface area contributed by atoms with Crippen LogP contribution >= 0.6 is 0 Å². The average Bonchev–Trinajstić information content (AvgIpc) is 2.82. The molecule has 0 radical (unpaired) electrons. The van der Waals surface area contributed by atoms with Gasteiger partial charge in [0.15, 0.2) is 16.6 Å². The van der Waals surface area contributed by atoms with E-state index in [1.807, 2.05) is 6.08 Å². The van der Waals surface area contributed by atoms with Crippen LogP contribution in [0.4, 0.5) is 0 Å². The number of hydrogen-bond acceptors (Lipinski definition) is 2. The van der Waals surface area contributed by atoms with Gasteiger partial charge in [-0.05, 0) is 95.0 Å². The molecule has 0 aliphatic heterocycles. The van der Waals surface area contributed by atoms with Crippen LogP contribution < -0.4 is 0 Å². The summed E-state index contributed by atoms with van der Waals surface area (Å²) >= 11 is 0. The number of benzene rings is 2. The van der Waals surface area contributed by atoms with Crippen molar-refractivity contribution in [2.45, 2.75) is 117 Å². The van der Waals surface area contributed by atoms with Crippen molar-refractivity contribution in [2.75, 3.05) is 0 Å². The standard InChI is InChI=1S/C34H52O2Si2/c1-13-16-29(14-2)30-18-15-17-27(23-30)19-20-28-21-22-31(25-35-37(9,10)33(3,4)5)32(24-28)26-36-38(11,12)34(6,7)8/h1,15-18,21-24H,14,19-20,25-26H2,2-12H3/b29-16-. The fraction of sp³-hybridized carbons (Fsp3) is 0.529. The molecule has 0 saturated heterocycles.